The average Bonchev–Trinajstić information content (AvgIpc) is 2.68. The summed E-state index contributed by atoms with van der Waals surface area (Å²) in [4.78, 5) is 12.4. The van der Waals surface area contributed by atoms with E-state index in [1.165, 1.54) is 0 Å². The highest BCUT2D eigenvalue weighted by Gasteiger charge is 2.26. The maximum absolute atomic E-state index is 12.4. The molecule has 4 nitrogen and oxygen atoms in total. The molecule has 134 valence electrons. The van der Waals surface area contributed by atoms with Crippen LogP contribution >= 0.6 is 0 Å². The van der Waals surface area contributed by atoms with Crippen molar-refractivity contribution < 1.29 is 14.6 Å². The Balaban J connectivity index is 1.71. The fourth-order valence-electron chi connectivity index (χ4n) is 3.07. The minimum atomic E-state index is -0.889. The lowest BCUT2D eigenvalue weighted by atomic mass is 9.85. The highest BCUT2D eigenvalue weighted by Crippen LogP contribution is 2.27. The van der Waals surface area contributed by atoms with Crippen LogP contribution in [-0.2, 0) is 0 Å². The highest BCUT2D eigenvalue weighted by molar-refractivity contribution is 6.04. The van der Waals surface area contributed by atoms with E-state index in [2.05, 4.69) is 17.2 Å². The molecule has 0 aromatic heterocycles. The second-order valence-electron chi connectivity index (χ2n) is 6.61. The van der Waals surface area contributed by atoms with E-state index in [0.29, 0.717) is 11.3 Å². The molecule has 0 heterocycles. The molecule has 1 aliphatic carbocycles. The number of hydrogen-bond acceptors (Lipinski definition) is 3. The first-order chi connectivity index (χ1) is 12.6. The van der Waals surface area contributed by atoms with Gasteiger partial charge in [-0.25, -0.2) is 0 Å². The summed E-state index contributed by atoms with van der Waals surface area (Å²) in [6, 6.07) is 14.3. The summed E-state index contributed by atoms with van der Waals surface area (Å²) in [6.45, 7) is 0. The highest BCUT2D eigenvalue weighted by atomic mass is 16.5. The molecule has 4 heteroatoms. The van der Waals surface area contributed by atoms with Crippen LogP contribution in [0.1, 0.15) is 48.0 Å². The van der Waals surface area contributed by atoms with E-state index in [0.717, 1.165) is 43.4 Å². The van der Waals surface area contributed by atoms with Crippen molar-refractivity contribution in [3.63, 3.8) is 0 Å². The molecule has 3 rings (SSSR count). The van der Waals surface area contributed by atoms with Crippen molar-refractivity contribution in [3.05, 3.63) is 59.7 Å². The normalized spacial score (nSPS) is 15.5. The third-order valence-electron chi connectivity index (χ3n) is 4.59. The summed E-state index contributed by atoms with van der Waals surface area (Å²) < 4.78 is 5.11. The molecule has 0 aliphatic heterocycles. The van der Waals surface area contributed by atoms with Crippen molar-refractivity contribution in [1.29, 1.82) is 0 Å². The van der Waals surface area contributed by atoms with Gasteiger partial charge in [-0.1, -0.05) is 24.3 Å². The fourth-order valence-corrected chi connectivity index (χ4v) is 3.07. The maximum atomic E-state index is 12.4. The average molecular weight is 349 g/mol. The molecule has 2 aromatic rings. The van der Waals surface area contributed by atoms with Crippen LogP contribution in [0.15, 0.2) is 48.5 Å². The van der Waals surface area contributed by atoms with Gasteiger partial charge in [0, 0.05) is 16.8 Å². The van der Waals surface area contributed by atoms with Crippen molar-refractivity contribution in [2.24, 2.45) is 0 Å². The molecule has 2 N–H and O–H groups in total. The standard InChI is InChI=1S/C22H23NO3/c1-26-20-10-8-19(9-11-20)23-21(24)18-7-5-6-17(16-18)12-15-22(25)13-3-2-4-14-22/h5-11,16,25H,2-4,13-14H2,1H3,(H,23,24). The summed E-state index contributed by atoms with van der Waals surface area (Å²) in [5.41, 5.74) is 1.07. The first kappa shape index (κ1) is 18.0. The zero-order valence-electron chi connectivity index (χ0n) is 14.9. The monoisotopic (exact) mass is 349 g/mol. The van der Waals surface area contributed by atoms with E-state index in [4.69, 9.17) is 4.74 Å². The second-order valence-corrected chi connectivity index (χ2v) is 6.61. The maximum Gasteiger partial charge on any atom is 0.255 e. The van der Waals surface area contributed by atoms with Crippen LogP contribution < -0.4 is 10.1 Å². The van der Waals surface area contributed by atoms with Crippen molar-refractivity contribution in [1.82, 2.24) is 0 Å². The number of aliphatic hydroxyl groups is 1. The summed E-state index contributed by atoms with van der Waals surface area (Å²) in [7, 11) is 1.60. The number of anilines is 1. The van der Waals surface area contributed by atoms with E-state index in [-0.39, 0.29) is 5.91 Å². The minimum Gasteiger partial charge on any atom is -0.497 e. The van der Waals surface area contributed by atoms with E-state index < -0.39 is 5.60 Å². The molecule has 0 unspecified atom stereocenters. The van der Waals surface area contributed by atoms with E-state index in [1.807, 2.05) is 6.07 Å². The smallest absolute Gasteiger partial charge is 0.255 e. The van der Waals surface area contributed by atoms with Gasteiger partial charge in [-0.15, -0.1) is 0 Å². The first-order valence-electron chi connectivity index (χ1n) is 8.89. The molecule has 1 amide bonds. The topological polar surface area (TPSA) is 58.6 Å². The Labute approximate surface area is 154 Å². The molecule has 2 aromatic carbocycles. The van der Waals surface area contributed by atoms with Crippen LogP contribution in [0.3, 0.4) is 0 Å². The molecule has 0 saturated heterocycles. The summed E-state index contributed by atoms with van der Waals surface area (Å²) >= 11 is 0. The summed E-state index contributed by atoms with van der Waals surface area (Å²) in [5.74, 6) is 6.57. The number of carbonyl (C=O) groups is 1. The lowest BCUT2D eigenvalue weighted by molar-refractivity contribution is 0.0610. The largest absolute Gasteiger partial charge is 0.497 e. The van der Waals surface area contributed by atoms with E-state index >= 15 is 0 Å². The van der Waals surface area contributed by atoms with E-state index in [9.17, 15) is 9.90 Å². The Bertz CT molecular complexity index is 824. The van der Waals surface area contributed by atoms with Crippen molar-refractivity contribution in [3.8, 4) is 17.6 Å². The predicted octanol–water partition coefficient (Wildman–Crippen LogP) is 3.99. The Morgan fingerprint density at radius 2 is 1.85 bits per heavy atom. The van der Waals surface area contributed by atoms with Crippen molar-refractivity contribution >= 4 is 11.6 Å². The molecule has 1 saturated carbocycles. The lowest BCUT2D eigenvalue weighted by Crippen LogP contribution is -2.29. The van der Waals surface area contributed by atoms with Gasteiger partial charge < -0.3 is 15.2 Å². The van der Waals surface area contributed by atoms with Gasteiger partial charge in [-0.2, -0.15) is 0 Å². The first-order valence-corrected chi connectivity index (χ1v) is 8.89. The molecule has 1 aliphatic rings. The molecule has 0 spiro atoms. The molecule has 1 fully saturated rings. The number of amides is 1. The third-order valence-corrected chi connectivity index (χ3v) is 4.59. The molecular formula is C22H23NO3. The molecule has 0 radical (unpaired) electrons. The minimum absolute atomic E-state index is 0.199. The van der Waals surface area contributed by atoms with Crippen LogP contribution in [0.5, 0.6) is 5.75 Å². The Kier molecular flexibility index (Phi) is 5.60. The zero-order chi connectivity index (χ0) is 18.4. The summed E-state index contributed by atoms with van der Waals surface area (Å²) in [5, 5.41) is 13.3. The van der Waals surface area contributed by atoms with Gasteiger partial charge in [0.05, 0.1) is 7.11 Å². The van der Waals surface area contributed by atoms with Gasteiger partial charge >= 0.3 is 0 Å². The molecule has 26 heavy (non-hydrogen) atoms. The number of benzene rings is 2. The number of rotatable bonds is 3. The van der Waals surface area contributed by atoms with Gasteiger partial charge in [0.25, 0.3) is 5.91 Å². The third kappa shape index (κ3) is 4.65. The number of nitrogens with one attached hydrogen (secondary N) is 1. The Morgan fingerprint density at radius 3 is 2.54 bits per heavy atom. The van der Waals surface area contributed by atoms with Gasteiger partial charge in [-0.05, 0) is 68.1 Å². The van der Waals surface area contributed by atoms with Crippen molar-refractivity contribution in [2.75, 3.05) is 12.4 Å². The van der Waals surface area contributed by atoms with Crippen LogP contribution in [0.4, 0.5) is 5.69 Å². The Hall–Kier alpha value is -2.77. The summed E-state index contributed by atoms with van der Waals surface area (Å²) in [6.07, 6.45) is 4.62. The fraction of sp³-hybridized carbons (Fsp3) is 0.318. The zero-order valence-corrected chi connectivity index (χ0v) is 14.9. The van der Waals surface area contributed by atoms with Gasteiger partial charge in [0.2, 0.25) is 0 Å². The SMILES string of the molecule is COc1ccc(NC(=O)c2cccc(C#CC3(O)CCCCC3)c2)cc1. The quantitative estimate of drug-likeness (QED) is 0.824. The number of ether oxygens (including phenoxy) is 1. The lowest BCUT2D eigenvalue weighted by Gasteiger charge is -2.26. The number of carbonyl (C=O) groups excluding carboxylic acids is 1. The number of methoxy groups -OCH3 is 1. The van der Waals surface area contributed by atoms with Gasteiger partial charge in [0.15, 0.2) is 0 Å². The second kappa shape index (κ2) is 8.07. The van der Waals surface area contributed by atoms with Gasteiger partial charge in [0.1, 0.15) is 11.4 Å². The predicted molar refractivity (Wildman–Crippen MR) is 102 cm³/mol. The molecule has 0 atom stereocenters. The van der Waals surface area contributed by atoms with Crippen LogP contribution in [0.25, 0.3) is 0 Å². The van der Waals surface area contributed by atoms with Crippen LogP contribution in [0, 0.1) is 11.8 Å². The van der Waals surface area contributed by atoms with E-state index in [1.54, 1.807) is 49.6 Å². The van der Waals surface area contributed by atoms with Crippen molar-refractivity contribution in [2.45, 2.75) is 37.7 Å². The van der Waals surface area contributed by atoms with Crippen LogP contribution in [-0.4, -0.2) is 23.7 Å². The number of hydrogen-bond donors (Lipinski definition) is 2. The van der Waals surface area contributed by atoms with Gasteiger partial charge in [-0.3, -0.25) is 4.79 Å². The Morgan fingerprint density at radius 1 is 1.12 bits per heavy atom. The molecule has 0 bridgehead atoms. The molecular weight excluding hydrogens is 326 g/mol. The van der Waals surface area contributed by atoms with Crippen LogP contribution in [0.2, 0.25) is 0 Å².